The largest absolute Gasteiger partial charge is 0.497 e. The van der Waals surface area contributed by atoms with Crippen molar-refractivity contribution < 1.29 is 14.3 Å². The van der Waals surface area contributed by atoms with E-state index >= 15 is 0 Å². The van der Waals surface area contributed by atoms with Crippen LogP contribution in [0.25, 0.3) is 0 Å². The predicted molar refractivity (Wildman–Crippen MR) is 102 cm³/mol. The van der Waals surface area contributed by atoms with Gasteiger partial charge in [-0.05, 0) is 42.3 Å². The average molecular weight is 353 g/mol. The van der Waals surface area contributed by atoms with Crippen LogP contribution in [0.15, 0.2) is 48.5 Å². The highest BCUT2D eigenvalue weighted by Gasteiger charge is 2.31. The maximum atomic E-state index is 12.3. The van der Waals surface area contributed by atoms with E-state index in [1.807, 2.05) is 55.5 Å². The van der Waals surface area contributed by atoms with Gasteiger partial charge in [0.1, 0.15) is 5.75 Å². The Morgan fingerprint density at radius 3 is 2.62 bits per heavy atom. The fourth-order valence-electron chi connectivity index (χ4n) is 3.11. The summed E-state index contributed by atoms with van der Waals surface area (Å²) in [5.41, 5.74) is 2.67. The molecule has 136 valence electrons. The molecule has 26 heavy (non-hydrogen) atoms. The molecule has 1 aliphatic heterocycles. The summed E-state index contributed by atoms with van der Waals surface area (Å²) in [7, 11) is 1.60. The number of para-hydroxylation sites is 1. The molecular weight excluding hydrogens is 330 g/mol. The number of carbonyl (C=O) groups is 2. The Kier molecular flexibility index (Phi) is 5.41. The molecule has 1 heterocycles. The van der Waals surface area contributed by atoms with Crippen LogP contribution >= 0.6 is 0 Å². The van der Waals surface area contributed by atoms with Crippen molar-refractivity contribution in [2.75, 3.05) is 23.9 Å². The first-order valence-electron chi connectivity index (χ1n) is 8.70. The third kappa shape index (κ3) is 3.96. The van der Waals surface area contributed by atoms with Gasteiger partial charge in [-0.3, -0.25) is 4.79 Å². The number of hydrogen-bond acceptors (Lipinski definition) is 3. The van der Waals surface area contributed by atoms with E-state index in [2.05, 4.69) is 10.6 Å². The highest BCUT2D eigenvalue weighted by Crippen LogP contribution is 2.24. The van der Waals surface area contributed by atoms with Crippen LogP contribution in [-0.2, 0) is 11.2 Å². The topological polar surface area (TPSA) is 70.7 Å². The Bertz CT molecular complexity index is 789. The minimum atomic E-state index is -0.291. The summed E-state index contributed by atoms with van der Waals surface area (Å²) in [5, 5.41) is 5.77. The van der Waals surface area contributed by atoms with Gasteiger partial charge in [-0.1, -0.05) is 25.1 Å². The van der Waals surface area contributed by atoms with Crippen molar-refractivity contribution in [2.45, 2.75) is 25.8 Å². The molecule has 1 fully saturated rings. The van der Waals surface area contributed by atoms with Crippen LogP contribution < -0.4 is 20.3 Å². The van der Waals surface area contributed by atoms with Crippen LogP contribution in [0.2, 0.25) is 0 Å². The molecular formula is C20H23N3O3. The van der Waals surface area contributed by atoms with Crippen molar-refractivity contribution in [1.29, 1.82) is 0 Å². The molecule has 2 aromatic rings. The molecule has 0 spiro atoms. The van der Waals surface area contributed by atoms with Crippen LogP contribution in [0.3, 0.4) is 0 Å². The average Bonchev–Trinajstić information content (AvgIpc) is 3.02. The molecule has 2 aromatic carbocycles. The maximum absolute atomic E-state index is 12.3. The van der Waals surface area contributed by atoms with E-state index in [-0.39, 0.29) is 24.4 Å². The zero-order chi connectivity index (χ0) is 18.5. The highest BCUT2D eigenvalue weighted by atomic mass is 16.5. The summed E-state index contributed by atoms with van der Waals surface area (Å²) in [6.07, 6.45) is 1.12. The lowest BCUT2D eigenvalue weighted by atomic mass is 10.1. The van der Waals surface area contributed by atoms with Crippen molar-refractivity contribution in [3.63, 3.8) is 0 Å². The molecule has 3 amide bonds. The summed E-state index contributed by atoms with van der Waals surface area (Å²) in [6, 6.07) is 14.5. The molecule has 3 rings (SSSR count). The molecule has 1 atom stereocenters. The minimum absolute atomic E-state index is 0.00516. The summed E-state index contributed by atoms with van der Waals surface area (Å²) >= 11 is 0. The maximum Gasteiger partial charge on any atom is 0.319 e. The zero-order valence-electron chi connectivity index (χ0n) is 15.0. The van der Waals surface area contributed by atoms with Crippen molar-refractivity contribution in [3.8, 4) is 5.75 Å². The Hall–Kier alpha value is -3.02. The van der Waals surface area contributed by atoms with E-state index in [9.17, 15) is 9.59 Å². The Balaban J connectivity index is 1.60. The standard InChI is InChI=1S/C20H23N3O3/c1-3-14-6-4-5-7-18(14)22-20(25)21-15-12-19(24)23(13-15)16-8-10-17(26-2)11-9-16/h4-11,15H,3,12-13H2,1-2H3,(H2,21,22,25). The van der Waals surface area contributed by atoms with E-state index in [0.29, 0.717) is 6.54 Å². The second-order valence-corrected chi connectivity index (χ2v) is 6.21. The number of nitrogens with zero attached hydrogens (tertiary/aromatic N) is 1. The van der Waals surface area contributed by atoms with Crippen molar-refractivity contribution in [3.05, 3.63) is 54.1 Å². The fraction of sp³-hybridized carbons (Fsp3) is 0.300. The molecule has 1 unspecified atom stereocenters. The van der Waals surface area contributed by atoms with Gasteiger partial charge in [0.25, 0.3) is 0 Å². The third-order valence-electron chi connectivity index (χ3n) is 4.49. The SMILES string of the molecule is CCc1ccccc1NC(=O)NC1CC(=O)N(c2ccc(OC)cc2)C1. The van der Waals surface area contributed by atoms with Crippen LogP contribution in [0.4, 0.5) is 16.2 Å². The van der Waals surface area contributed by atoms with Gasteiger partial charge in [0.2, 0.25) is 5.91 Å². The minimum Gasteiger partial charge on any atom is -0.497 e. The third-order valence-corrected chi connectivity index (χ3v) is 4.49. The van der Waals surface area contributed by atoms with Crippen LogP contribution in [0.5, 0.6) is 5.75 Å². The molecule has 0 bridgehead atoms. The Labute approximate surface area is 153 Å². The van der Waals surface area contributed by atoms with E-state index in [4.69, 9.17) is 4.74 Å². The monoisotopic (exact) mass is 353 g/mol. The number of urea groups is 1. The van der Waals surface area contributed by atoms with Gasteiger partial charge in [-0.25, -0.2) is 4.79 Å². The highest BCUT2D eigenvalue weighted by molar-refractivity contribution is 5.97. The number of aryl methyl sites for hydroxylation is 1. The number of carbonyl (C=O) groups excluding carboxylic acids is 2. The number of benzene rings is 2. The predicted octanol–water partition coefficient (Wildman–Crippen LogP) is 3.18. The molecule has 1 saturated heterocycles. The molecule has 6 heteroatoms. The smallest absolute Gasteiger partial charge is 0.319 e. The molecule has 0 saturated carbocycles. The Morgan fingerprint density at radius 2 is 1.92 bits per heavy atom. The second-order valence-electron chi connectivity index (χ2n) is 6.21. The molecule has 6 nitrogen and oxygen atoms in total. The van der Waals surface area contributed by atoms with Gasteiger partial charge in [0, 0.05) is 24.3 Å². The van der Waals surface area contributed by atoms with E-state index in [1.54, 1.807) is 12.0 Å². The summed E-state index contributed by atoms with van der Waals surface area (Å²) in [6.45, 7) is 2.49. The number of amides is 3. The van der Waals surface area contributed by atoms with Crippen LogP contribution in [0, 0.1) is 0 Å². The quantitative estimate of drug-likeness (QED) is 0.867. The van der Waals surface area contributed by atoms with Gasteiger partial charge in [0.15, 0.2) is 0 Å². The lowest BCUT2D eigenvalue weighted by molar-refractivity contribution is -0.117. The second kappa shape index (κ2) is 7.91. The van der Waals surface area contributed by atoms with Crippen molar-refractivity contribution in [1.82, 2.24) is 5.32 Å². The summed E-state index contributed by atoms with van der Waals surface area (Å²) in [5.74, 6) is 0.735. The first-order chi connectivity index (χ1) is 12.6. The number of ether oxygens (including phenoxy) is 1. The van der Waals surface area contributed by atoms with Gasteiger partial charge in [-0.15, -0.1) is 0 Å². The van der Waals surface area contributed by atoms with Gasteiger partial charge >= 0.3 is 6.03 Å². The summed E-state index contributed by atoms with van der Waals surface area (Å²) in [4.78, 5) is 26.3. The number of rotatable bonds is 5. The van der Waals surface area contributed by atoms with Crippen molar-refractivity contribution in [2.24, 2.45) is 0 Å². The normalized spacial score (nSPS) is 16.5. The summed E-state index contributed by atoms with van der Waals surface area (Å²) < 4.78 is 5.14. The Morgan fingerprint density at radius 1 is 1.19 bits per heavy atom. The first-order valence-corrected chi connectivity index (χ1v) is 8.70. The van der Waals surface area contributed by atoms with Crippen LogP contribution in [0.1, 0.15) is 18.9 Å². The lowest BCUT2D eigenvalue weighted by Crippen LogP contribution is -2.39. The fourth-order valence-corrected chi connectivity index (χ4v) is 3.11. The van der Waals surface area contributed by atoms with E-state index in [0.717, 1.165) is 29.1 Å². The molecule has 0 aromatic heterocycles. The number of hydrogen-bond donors (Lipinski definition) is 2. The van der Waals surface area contributed by atoms with Crippen molar-refractivity contribution >= 4 is 23.3 Å². The van der Waals surface area contributed by atoms with Gasteiger partial charge in [-0.2, -0.15) is 0 Å². The van der Waals surface area contributed by atoms with E-state index < -0.39 is 0 Å². The number of methoxy groups -OCH3 is 1. The van der Waals surface area contributed by atoms with Gasteiger partial charge < -0.3 is 20.3 Å². The number of nitrogens with one attached hydrogen (secondary N) is 2. The molecule has 2 N–H and O–H groups in total. The van der Waals surface area contributed by atoms with Gasteiger partial charge in [0.05, 0.1) is 13.2 Å². The zero-order valence-corrected chi connectivity index (χ0v) is 15.0. The lowest BCUT2D eigenvalue weighted by Gasteiger charge is -2.18. The molecule has 1 aliphatic rings. The van der Waals surface area contributed by atoms with Crippen LogP contribution in [-0.4, -0.2) is 31.6 Å². The molecule has 0 radical (unpaired) electrons. The first kappa shape index (κ1) is 17.8. The molecule has 0 aliphatic carbocycles. The number of anilines is 2. The van der Waals surface area contributed by atoms with E-state index in [1.165, 1.54) is 0 Å².